The van der Waals surface area contributed by atoms with E-state index in [0.29, 0.717) is 5.92 Å². The molecule has 4 nitrogen and oxygen atoms in total. The highest BCUT2D eigenvalue weighted by atomic mass is 79.9. The van der Waals surface area contributed by atoms with Crippen LogP contribution in [-0.2, 0) is 4.79 Å². The fourth-order valence-corrected chi connectivity index (χ4v) is 4.41. The van der Waals surface area contributed by atoms with E-state index in [1.54, 1.807) is 13.3 Å². The Balaban J connectivity index is 1.58. The van der Waals surface area contributed by atoms with Gasteiger partial charge in [0.1, 0.15) is 5.75 Å². The summed E-state index contributed by atoms with van der Waals surface area (Å²) >= 11 is 3.44. The highest BCUT2D eigenvalue weighted by Gasteiger charge is 2.64. The largest absolute Gasteiger partial charge is 0.496 e. The maximum absolute atomic E-state index is 12.3. The molecule has 1 aromatic carbocycles. The van der Waals surface area contributed by atoms with Gasteiger partial charge in [0.2, 0.25) is 5.91 Å². The Morgan fingerprint density at radius 3 is 2.95 bits per heavy atom. The van der Waals surface area contributed by atoms with Gasteiger partial charge in [-0.25, -0.2) is 5.43 Å². The molecule has 3 atom stereocenters. The molecule has 0 spiro atoms. The molecule has 2 saturated carbocycles. The molecule has 0 bridgehead atoms. The first kappa shape index (κ1) is 15.5. The Morgan fingerprint density at radius 2 is 2.32 bits per heavy atom. The van der Waals surface area contributed by atoms with E-state index < -0.39 is 0 Å². The number of halogens is 1. The zero-order chi connectivity index (χ0) is 15.7. The van der Waals surface area contributed by atoms with Crippen molar-refractivity contribution in [1.82, 2.24) is 5.43 Å². The number of amides is 1. The number of ether oxygens (including phenoxy) is 1. The van der Waals surface area contributed by atoms with Crippen LogP contribution >= 0.6 is 15.9 Å². The van der Waals surface area contributed by atoms with Crippen molar-refractivity contribution in [3.05, 3.63) is 28.2 Å². The smallest absolute Gasteiger partial charge is 0.244 e. The van der Waals surface area contributed by atoms with Gasteiger partial charge in [0, 0.05) is 5.92 Å². The minimum atomic E-state index is 0.0678. The maximum Gasteiger partial charge on any atom is 0.244 e. The molecule has 1 aromatic rings. The molecule has 3 rings (SSSR count). The number of fused-ring (bicyclic) bond motifs is 1. The molecule has 1 amide bonds. The zero-order valence-corrected chi connectivity index (χ0v) is 14.5. The molecule has 2 aliphatic rings. The quantitative estimate of drug-likeness (QED) is 0.653. The van der Waals surface area contributed by atoms with Crippen molar-refractivity contribution < 1.29 is 9.53 Å². The van der Waals surface area contributed by atoms with E-state index in [-0.39, 0.29) is 17.2 Å². The van der Waals surface area contributed by atoms with Crippen LogP contribution in [-0.4, -0.2) is 19.2 Å². The molecular weight excluding hydrogens is 344 g/mol. The molecule has 0 radical (unpaired) electrons. The van der Waals surface area contributed by atoms with Crippen LogP contribution in [0.25, 0.3) is 0 Å². The third-order valence-electron chi connectivity index (χ3n) is 5.18. The number of rotatable bonds is 4. The molecule has 0 heterocycles. The number of hydrazone groups is 1. The number of carbonyl (C=O) groups is 1. The summed E-state index contributed by atoms with van der Waals surface area (Å²) in [7, 11) is 1.63. The fourth-order valence-electron chi connectivity index (χ4n) is 3.85. The Labute approximate surface area is 139 Å². The average Bonchev–Trinajstić information content (AvgIpc) is 3.13. The number of carbonyl (C=O) groups excluding carboxylic acids is 1. The molecule has 22 heavy (non-hydrogen) atoms. The van der Waals surface area contributed by atoms with Crippen LogP contribution < -0.4 is 10.2 Å². The van der Waals surface area contributed by atoms with E-state index in [1.165, 1.54) is 25.7 Å². The van der Waals surface area contributed by atoms with Crippen LogP contribution in [0.4, 0.5) is 0 Å². The minimum Gasteiger partial charge on any atom is -0.496 e. The van der Waals surface area contributed by atoms with Gasteiger partial charge in [-0.05, 0) is 63.9 Å². The summed E-state index contributed by atoms with van der Waals surface area (Å²) in [6.07, 6.45) is 6.53. The van der Waals surface area contributed by atoms with Gasteiger partial charge in [-0.2, -0.15) is 5.10 Å². The highest BCUT2D eigenvalue weighted by molar-refractivity contribution is 9.10. The first-order chi connectivity index (χ1) is 10.6. The van der Waals surface area contributed by atoms with Crippen LogP contribution in [0.15, 0.2) is 27.8 Å². The lowest BCUT2D eigenvalue weighted by atomic mass is 9.90. The van der Waals surface area contributed by atoms with Crippen molar-refractivity contribution in [1.29, 1.82) is 0 Å². The molecule has 2 fully saturated rings. The van der Waals surface area contributed by atoms with Crippen molar-refractivity contribution in [2.45, 2.75) is 32.6 Å². The van der Waals surface area contributed by atoms with Crippen molar-refractivity contribution in [2.24, 2.45) is 22.4 Å². The second-order valence-corrected chi connectivity index (χ2v) is 7.32. The van der Waals surface area contributed by atoms with E-state index in [4.69, 9.17) is 4.74 Å². The van der Waals surface area contributed by atoms with E-state index >= 15 is 0 Å². The molecule has 118 valence electrons. The summed E-state index contributed by atoms with van der Waals surface area (Å²) in [5.41, 5.74) is 3.84. The van der Waals surface area contributed by atoms with Gasteiger partial charge in [0.15, 0.2) is 0 Å². The number of methoxy groups -OCH3 is 1. The number of hydrogen-bond acceptors (Lipinski definition) is 3. The molecule has 1 N–H and O–H groups in total. The number of hydrogen-bond donors (Lipinski definition) is 1. The Hall–Kier alpha value is -1.36. The average molecular weight is 365 g/mol. The lowest BCUT2D eigenvalue weighted by Gasteiger charge is -2.15. The lowest BCUT2D eigenvalue weighted by Crippen LogP contribution is -2.22. The van der Waals surface area contributed by atoms with Gasteiger partial charge in [-0.1, -0.05) is 19.8 Å². The second kappa shape index (κ2) is 6.03. The molecular formula is C17H21BrN2O2. The van der Waals surface area contributed by atoms with Crippen molar-refractivity contribution >= 4 is 28.1 Å². The highest BCUT2D eigenvalue weighted by Crippen LogP contribution is 2.66. The SMILES string of the molecule is COc1ccc(/C=N/NC(=O)C2C3CCCCC32C)cc1Br. The summed E-state index contributed by atoms with van der Waals surface area (Å²) < 4.78 is 6.05. The fraction of sp³-hybridized carbons (Fsp3) is 0.529. The van der Waals surface area contributed by atoms with Crippen molar-refractivity contribution in [3.63, 3.8) is 0 Å². The van der Waals surface area contributed by atoms with Gasteiger partial charge in [0.05, 0.1) is 17.8 Å². The number of benzene rings is 1. The lowest BCUT2D eigenvalue weighted by molar-refractivity contribution is -0.123. The van der Waals surface area contributed by atoms with Gasteiger partial charge >= 0.3 is 0 Å². The summed E-state index contributed by atoms with van der Waals surface area (Å²) in [6, 6.07) is 5.67. The minimum absolute atomic E-state index is 0.0678. The molecule has 2 aliphatic carbocycles. The van der Waals surface area contributed by atoms with E-state index in [9.17, 15) is 4.79 Å². The number of nitrogens with zero attached hydrogens (tertiary/aromatic N) is 1. The first-order valence-electron chi connectivity index (χ1n) is 7.73. The van der Waals surface area contributed by atoms with Crippen LogP contribution in [0.3, 0.4) is 0 Å². The molecule has 0 aromatic heterocycles. The first-order valence-corrected chi connectivity index (χ1v) is 8.52. The third-order valence-corrected chi connectivity index (χ3v) is 5.80. The monoisotopic (exact) mass is 364 g/mol. The van der Waals surface area contributed by atoms with Gasteiger partial charge < -0.3 is 4.74 Å². The standard InChI is InChI=1S/C17H21BrN2O2/c1-17-8-4-3-5-12(17)15(17)16(21)20-19-10-11-6-7-14(22-2)13(18)9-11/h6-7,9-10,12,15H,3-5,8H2,1-2H3,(H,20,21)/b19-10+. The van der Waals surface area contributed by atoms with E-state index in [0.717, 1.165) is 15.8 Å². The van der Waals surface area contributed by atoms with Crippen molar-refractivity contribution in [2.75, 3.05) is 7.11 Å². The Bertz CT molecular complexity index is 617. The third kappa shape index (κ3) is 2.78. The Morgan fingerprint density at radius 1 is 1.50 bits per heavy atom. The number of nitrogens with one attached hydrogen (secondary N) is 1. The van der Waals surface area contributed by atoms with Gasteiger partial charge in [-0.15, -0.1) is 0 Å². The Kier molecular flexibility index (Phi) is 4.26. The molecule has 0 saturated heterocycles. The predicted molar refractivity (Wildman–Crippen MR) is 90.0 cm³/mol. The van der Waals surface area contributed by atoms with Crippen LogP contribution in [0.5, 0.6) is 5.75 Å². The normalized spacial score (nSPS) is 30.0. The molecule has 0 aliphatic heterocycles. The zero-order valence-electron chi connectivity index (χ0n) is 12.9. The molecule has 5 heteroatoms. The van der Waals surface area contributed by atoms with Gasteiger partial charge in [0.25, 0.3) is 0 Å². The van der Waals surface area contributed by atoms with E-state index in [2.05, 4.69) is 33.4 Å². The summed E-state index contributed by atoms with van der Waals surface area (Å²) in [6.45, 7) is 2.24. The summed E-state index contributed by atoms with van der Waals surface area (Å²) in [5.74, 6) is 1.55. The topological polar surface area (TPSA) is 50.7 Å². The summed E-state index contributed by atoms with van der Waals surface area (Å²) in [5, 5.41) is 4.10. The van der Waals surface area contributed by atoms with Crippen LogP contribution in [0.1, 0.15) is 38.2 Å². The maximum atomic E-state index is 12.3. The van der Waals surface area contributed by atoms with Gasteiger partial charge in [-0.3, -0.25) is 4.79 Å². The van der Waals surface area contributed by atoms with E-state index in [1.807, 2.05) is 18.2 Å². The second-order valence-electron chi connectivity index (χ2n) is 6.46. The predicted octanol–water partition coefficient (Wildman–Crippen LogP) is 3.73. The molecule has 3 unspecified atom stereocenters. The van der Waals surface area contributed by atoms with Crippen LogP contribution in [0, 0.1) is 17.3 Å². The summed E-state index contributed by atoms with van der Waals surface area (Å²) in [4.78, 5) is 12.3. The van der Waals surface area contributed by atoms with Crippen LogP contribution in [0.2, 0.25) is 0 Å². The van der Waals surface area contributed by atoms with Crippen molar-refractivity contribution in [3.8, 4) is 5.75 Å².